The Bertz CT molecular complexity index is 51.1. The maximum atomic E-state index is 2.35. The molecule has 0 bridgehead atoms. The average Bonchev–Trinajstić information content (AvgIpc) is 2.22. The van der Waals surface area contributed by atoms with E-state index < -0.39 is 0 Å². The first-order chi connectivity index (χ1) is 2.77. The molecular formula is C6H12. The third-order valence-electron chi connectivity index (χ3n) is 1.96. The Morgan fingerprint density at radius 2 is 2.00 bits per heavy atom. The van der Waals surface area contributed by atoms with Gasteiger partial charge in [-0.3, -0.25) is 0 Å². The van der Waals surface area contributed by atoms with Crippen LogP contribution in [0.3, 0.4) is 0 Å². The summed E-state index contributed by atoms with van der Waals surface area (Å²) in [4.78, 5) is 0. The zero-order valence-corrected chi connectivity index (χ0v) is 4.62. The van der Waals surface area contributed by atoms with Gasteiger partial charge in [0, 0.05) is 0 Å². The normalized spacial score (nSPS) is 27.0. The Labute approximate surface area is 39.6 Å². The molecule has 1 saturated carbocycles. The molecule has 1 fully saturated rings. The van der Waals surface area contributed by atoms with Gasteiger partial charge in [-0.1, -0.05) is 20.3 Å². The van der Waals surface area contributed by atoms with Crippen molar-refractivity contribution in [1.82, 2.24) is 0 Å². The van der Waals surface area contributed by atoms with Crippen LogP contribution in [0.4, 0.5) is 0 Å². The Kier molecular flexibility index (Phi) is 0.686. The zero-order valence-electron chi connectivity index (χ0n) is 4.62. The van der Waals surface area contributed by atoms with Crippen LogP contribution in [0.25, 0.3) is 0 Å². The van der Waals surface area contributed by atoms with Gasteiger partial charge in [0.2, 0.25) is 0 Å². The molecular weight excluding hydrogens is 72.1 g/mol. The molecule has 0 saturated heterocycles. The van der Waals surface area contributed by atoms with Crippen LogP contribution in [0.2, 0.25) is 0 Å². The van der Waals surface area contributed by atoms with Gasteiger partial charge in [-0.15, -0.1) is 0 Å². The summed E-state index contributed by atoms with van der Waals surface area (Å²) in [5.41, 5.74) is 0.792. The minimum atomic E-state index is 0.792. The molecule has 0 aromatic rings. The molecule has 1 rings (SSSR count). The molecule has 0 radical (unpaired) electrons. The molecule has 0 N–H and O–H groups in total. The van der Waals surface area contributed by atoms with E-state index in [0.29, 0.717) is 0 Å². The van der Waals surface area contributed by atoms with Gasteiger partial charge < -0.3 is 0 Å². The molecule has 0 amide bonds. The topological polar surface area (TPSA) is 0 Å². The highest BCUT2D eigenvalue weighted by Crippen LogP contribution is 2.47. The molecule has 36 valence electrons. The van der Waals surface area contributed by atoms with Gasteiger partial charge in [-0.2, -0.15) is 0 Å². The van der Waals surface area contributed by atoms with Crippen molar-refractivity contribution in [2.75, 3.05) is 0 Å². The molecule has 0 aliphatic heterocycles. The van der Waals surface area contributed by atoms with Crippen molar-refractivity contribution in [3.63, 3.8) is 0 Å². The predicted molar refractivity (Wildman–Crippen MR) is 27.6 cm³/mol. The molecule has 1 aliphatic rings. The number of rotatable bonds is 1. The Morgan fingerprint density at radius 1 is 1.50 bits per heavy atom. The van der Waals surface area contributed by atoms with Crippen molar-refractivity contribution in [3.05, 3.63) is 0 Å². The maximum Gasteiger partial charge on any atom is -0.0328 e. The third-order valence-corrected chi connectivity index (χ3v) is 1.96. The molecule has 0 heteroatoms. The second-order valence-electron chi connectivity index (χ2n) is 2.66. The summed E-state index contributed by atoms with van der Waals surface area (Å²) >= 11 is 0. The van der Waals surface area contributed by atoms with Gasteiger partial charge in [0.05, 0.1) is 0 Å². The molecule has 0 spiro atoms. The minimum absolute atomic E-state index is 0.792. The Hall–Kier alpha value is 0. The van der Waals surface area contributed by atoms with Crippen LogP contribution in [0, 0.1) is 5.41 Å². The van der Waals surface area contributed by atoms with E-state index in [1.165, 1.54) is 19.3 Å². The lowest BCUT2D eigenvalue weighted by Crippen LogP contribution is -1.84. The van der Waals surface area contributed by atoms with Crippen LogP contribution < -0.4 is 0 Å². The smallest absolute Gasteiger partial charge is 0.0328 e. The SMILES string of the molecule is CCC1(C)CC1. The van der Waals surface area contributed by atoms with E-state index in [0.717, 1.165) is 5.41 Å². The molecule has 6 heavy (non-hydrogen) atoms. The summed E-state index contributed by atoms with van der Waals surface area (Å²) in [5, 5.41) is 0. The number of hydrogen-bond acceptors (Lipinski definition) is 0. The molecule has 0 nitrogen and oxygen atoms in total. The van der Waals surface area contributed by atoms with E-state index in [9.17, 15) is 0 Å². The Morgan fingerprint density at radius 3 is 2.00 bits per heavy atom. The highest BCUT2D eigenvalue weighted by Gasteiger charge is 2.34. The molecule has 0 heterocycles. The van der Waals surface area contributed by atoms with E-state index in [4.69, 9.17) is 0 Å². The van der Waals surface area contributed by atoms with Gasteiger partial charge in [0.25, 0.3) is 0 Å². The highest BCUT2D eigenvalue weighted by atomic mass is 14.4. The average molecular weight is 84.2 g/mol. The minimum Gasteiger partial charge on any atom is -0.0649 e. The molecule has 0 atom stereocenters. The highest BCUT2D eigenvalue weighted by molar-refractivity contribution is 4.86. The molecule has 1 aliphatic carbocycles. The standard InChI is InChI=1S/C6H12/c1-3-6(2)4-5-6/h3-5H2,1-2H3. The lowest BCUT2D eigenvalue weighted by molar-refractivity contribution is 0.551. The maximum absolute atomic E-state index is 2.35. The van der Waals surface area contributed by atoms with Crippen molar-refractivity contribution in [3.8, 4) is 0 Å². The lowest BCUT2D eigenvalue weighted by atomic mass is 10.1. The van der Waals surface area contributed by atoms with Gasteiger partial charge in [0.1, 0.15) is 0 Å². The summed E-state index contributed by atoms with van der Waals surface area (Å²) < 4.78 is 0. The second kappa shape index (κ2) is 0.988. The van der Waals surface area contributed by atoms with E-state index >= 15 is 0 Å². The fourth-order valence-corrected chi connectivity index (χ4v) is 0.567. The zero-order chi connectivity index (χ0) is 4.62. The quantitative estimate of drug-likeness (QED) is 0.457. The third kappa shape index (κ3) is 0.562. The lowest BCUT2D eigenvalue weighted by Gasteiger charge is -1.96. The molecule has 0 aromatic carbocycles. The van der Waals surface area contributed by atoms with E-state index in [-0.39, 0.29) is 0 Å². The van der Waals surface area contributed by atoms with Gasteiger partial charge in [-0.25, -0.2) is 0 Å². The monoisotopic (exact) mass is 84.1 g/mol. The summed E-state index contributed by atoms with van der Waals surface area (Å²) in [6, 6.07) is 0. The van der Waals surface area contributed by atoms with E-state index in [1.807, 2.05) is 0 Å². The van der Waals surface area contributed by atoms with Crippen LogP contribution in [-0.4, -0.2) is 0 Å². The fraction of sp³-hybridized carbons (Fsp3) is 1.00. The second-order valence-corrected chi connectivity index (χ2v) is 2.66. The molecule has 0 aromatic heterocycles. The van der Waals surface area contributed by atoms with Crippen LogP contribution in [0.1, 0.15) is 33.1 Å². The molecule has 0 unspecified atom stereocenters. The first-order valence-corrected chi connectivity index (χ1v) is 2.77. The first-order valence-electron chi connectivity index (χ1n) is 2.77. The number of hydrogen-bond donors (Lipinski definition) is 0. The van der Waals surface area contributed by atoms with Crippen molar-refractivity contribution < 1.29 is 0 Å². The summed E-state index contributed by atoms with van der Waals surface area (Å²) in [7, 11) is 0. The first kappa shape index (κ1) is 4.17. The van der Waals surface area contributed by atoms with Crippen molar-refractivity contribution in [1.29, 1.82) is 0 Å². The van der Waals surface area contributed by atoms with Crippen molar-refractivity contribution >= 4 is 0 Å². The van der Waals surface area contributed by atoms with E-state index in [1.54, 1.807) is 0 Å². The van der Waals surface area contributed by atoms with E-state index in [2.05, 4.69) is 13.8 Å². The summed E-state index contributed by atoms with van der Waals surface area (Å²) in [6.45, 7) is 4.62. The summed E-state index contributed by atoms with van der Waals surface area (Å²) in [5.74, 6) is 0. The van der Waals surface area contributed by atoms with Crippen LogP contribution >= 0.6 is 0 Å². The van der Waals surface area contributed by atoms with Gasteiger partial charge in [0.15, 0.2) is 0 Å². The van der Waals surface area contributed by atoms with Gasteiger partial charge in [-0.05, 0) is 18.3 Å². The van der Waals surface area contributed by atoms with Crippen LogP contribution in [0.5, 0.6) is 0 Å². The Balaban J connectivity index is 2.28. The van der Waals surface area contributed by atoms with Gasteiger partial charge >= 0.3 is 0 Å². The van der Waals surface area contributed by atoms with Crippen LogP contribution in [-0.2, 0) is 0 Å². The van der Waals surface area contributed by atoms with Crippen molar-refractivity contribution in [2.24, 2.45) is 5.41 Å². The largest absolute Gasteiger partial charge is 0.0649 e. The summed E-state index contributed by atoms with van der Waals surface area (Å²) in [6.07, 6.45) is 4.33. The fourth-order valence-electron chi connectivity index (χ4n) is 0.567. The van der Waals surface area contributed by atoms with Crippen LogP contribution in [0.15, 0.2) is 0 Å². The predicted octanol–water partition coefficient (Wildman–Crippen LogP) is 2.20. The van der Waals surface area contributed by atoms with Crippen molar-refractivity contribution in [2.45, 2.75) is 33.1 Å².